The number of hydrogen-bond donors (Lipinski definition) is 2. The SMILES string of the molecule is C[C@H](NC(=O)[C@@H]1C[C@@H](F)CN1C(=O)CNC(=O)c1ccc2cc(F)ccc2n1)c1c(Cl)cccc1/C=C/C1CC1. The van der Waals surface area contributed by atoms with Gasteiger partial charge in [-0.1, -0.05) is 42.0 Å². The van der Waals surface area contributed by atoms with Crippen molar-refractivity contribution in [2.45, 2.75) is 44.4 Å². The number of carbonyl (C=O) groups is 3. The van der Waals surface area contributed by atoms with Crippen molar-refractivity contribution in [2.24, 2.45) is 5.92 Å². The molecule has 40 heavy (non-hydrogen) atoms. The summed E-state index contributed by atoms with van der Waals surface area (Å²) in [5.74, 6) is -1.55. The van der Waals surface area contributed by atoms with Crippen LogP contribution < -0.4 is 10.6 Å². The lowest BCUT2D eigenvalue weighted by molar-refractivity contribution is -0.138. The van der Waals surface area contributed by atoms with Gasteiger partial charge in [0.2, 0.25) is 11.8 Å². The molecule has 3 amide bonds. The lowest BCUT2D eigenvalue weighted by Gasteiger charge is -2.26. The second kappa shape index (κ2) is 11.7. The van der Waals surface area contributed by atoms with Gasteiger partial charge in [0.1, 0.15) is 23.7 Å². The number of benzene rings is 2. The highest BCUT2D eigenvalue weighted by Gasteiger charge is 2.40. The normalized spacial score (nSPS) is 19.6. The van der Waals surface area contributed by atoms with Gasteiger partial charge in [0.05, 0.1) is 24.6 Å². The van der Waals surface area contributed by atoms with Gasteiger partial charge in [-0.25, -0.2) is 13.8 Å². The maximum Gasteiger partial charge on any atom is 0.270 e. The number of fused-ring (bicyclic) bond motifs is 1. The minimum atomic E-state index is -1.37. The molecule has 2 heterocycles. The van der Waals surface area contributed by atoms with Gasteiger partial charge in [-0.15, -0.1) is 0 Å². The molecule has 3 aromatic rings. The number of hydrogen-bond acceptors (Lipinski definition) is 4. The number of likely N-dealkylation sites (tertiary alicyclic amines) is 1. The molecule has 3 atom stereocenters. The van der Waals surface area contributed by atoms with E-state index in [2.05, 4.69) is 21.7 Å². The fourth-order valence-corrected chi connectivity index (χ4v) is 5.29. The number of rotatable bonds is 8. The quantitative estimate of drug-likeness (QED) is 0.402. The molecule has 1 aromatic heterocycles. The van der Waals surface area contributed by atoms with Crippen LogP contribution in [0.5, 0.6) is 0 Å². The van der Waals surface area contributed by atoms with Crippen LogP contribution in [0.2, 0.25) is 5.02 Å². The number of aromatic nitrogens is 1. The monoisotopic (exact) mass is 566 g/mol. The van der Waals surface area contributed by atoms with Gasteiger partial charge in [0, 0.05) is 16.8 Å². The smallest absolute Gasteiger partial charge is 0.270 e. The first-order valence-corrected chi connectivity index (χ1v) is 13.6. The predicted molar refractivity (Wildman–Crippen MR) is 149 cm³/mol. The third-order valence-corrected chi connectivity index (χ3v) is 7.54. The highest BCUT2D eigenvalue weighted by molar-refractivity contribution is 6.31. The van der Waals surface area contributed by atoms with E-state index < -0.39 is 48.3 Å². The molecule has 2 aromatic carbocycles. The van der Waals surface area contributed by atoms with Crippen molar-refractivity contribution in [2.75, 3.05) is 13.1 Å². The number of amides is 3. The van der Waals surface area contributed by atoms with Gasteiger partial charge in [0.25, 0.3) is 5.91 Å². The number of halogens is 3. The summed E-state index contributed by atoms with van der Waals surface area (Å²) in [6.45, 7) is 1.11. The molecule has 0 radical (unpaired) electrons. The summed E-state index contributed by atoms with van der Waals surface area (Å²) in [6.07, 6.45) is 4.96. The summed E-state index contributed by atoms with van der Waals surface area (Å²) in [7, 11) is 0. The molecule has 2 N–H and O–H groups in total. The molecule has 2 fully saturated rings. The van der Waals surface area contributed by atoms with Crippen LogP contribution in [0, 0.1) is 11.7 Å². The Morgan fingerprint density at radius 1 is 1.18 bits per heavy atom. The number of nitrogens with zero attached hydrogens (tertiary/aromatic N) is 2. The molecule has 7 nitrogen and oxygen atoms in total. The topological polar surface area (TPSA) is 91.4 Å². The highest BCUT2D eigenvalue weighted by atomic mass is 35.5. The Morgan fingerprint density at radius 3 is 2.75 bits per heavy atom. The summed E-state index contributed by atoms with van der Waals surface area (Å²) in [6, 6.07) is 11.0. The molecule has 1 aliphatic carbocycles. The summed E-state index contributed by atoms with van der Waals surface area (Å²) in [4.78, 5) is 44.2. The molecule has 1 saturated heterocycles. The van der Waals surface area contributed by atoms with Crippen LogP contribution in [-0.4, -0.2) is 52.9 Å². The standard InChI is InChI=1S/C30H29ClF2N4O3/c1-17(28-19(3-2-4-23(28)31)8-7-18-5-6-18)35-30(40)26-14-22(33)16-37(26)27(38)15-34-29(39)25-11-9-20-13-21(32)10-12-24(20)36-25/h2-4,7-13,17-18,22,26H,5-6,14-16H2,1H3,(H,34,39)(H,35,40)/b8-7+/t17-,22+,26-/m0/s1. The molecule has 208 valence electrons. The molecule has 5 rings (SSSR count). The second-order valence-corrected chi connectivity index (χ2v) is 10.7. The largest absolute Gasteiger partial charge is 0.348 e. The maximum atomic E-state index is 14.4. The molecule has 10 heteroatoms. The van der Waals surface area contributed by atoms with Crippen molar-refractivity contribution in [1.82, 2.24) is 20.5 Å². The first-order valence-electron chi connectivity index (χ1n) is 13.2. The van der Waals surface area contributed by atoms with Crippen LogP contribution in [0.4, 0.5) is 8.78 Å². The maximum absolute atomic E-state index is 14.4. The van der Waals surface area contributed by atoms with E-state index in [1.807, 2.05) is 18.2 Å². The van der Waals surface area contributed by atoms with E-state index in [1.54, 1.807) is 19.1 Å². The lowest BCUT2D eigenvalue weighted by Crippen LogP contribution is -2.49. The Hall–Kier alpha value is -3.85. The zero-order valence-electron chi connectivity index (χ0n) is 21.9. The van der Waals surface area contributed by atoms with Crippen LogP contribution in [0.25, 0.3) is 17.0 Å². The third kappa shape index (κ3) is 6.31. The zero-order chi connectivity index (χ0) is 28.4. The van der Waals surface area contributed by atoms with Crippen LogP contribution >= 0.6 is 11.6 Å². The van der Waals surface area contributed by atoms with Gasteiger partial charge in [-0.3, -0.25) is 14.4 Å². The van der Waals surface area contributed by atoms with Crippen molar-refractivity contribution < 1.29 is 23.2 Å². The summed E-state index contributed by atoms with van der Waals surface area (Å²) in [5.41, 5.74) is 2.12. The van der Waals surface area contributed by atoms with Crippen molar-refractivity contribution in [1.29, 1.82) is 0 Å². The summed E-state index contributed by atoms with van der Waals surface area (Å²) < 4.78 is 27.8. The Balaban J connectivity index is 1.23. The predicted octanol–water partition coefficient (Wildman–Crippen LogP) is 5.00. The number of carbonyl (C=O) groups excluding carboxylic acids is 3. The van der Waals surface area contributed by atoms with Gasteiger partial charge in [0.15, 0.2) is 0 Å². The number of pyridine rings is 1. The Bertz CT molecular complexity index is 1490. The first kappa shape index (κ1) is 27.7. The van der Waals surface area contributed by atoms with E-state index in [4.69, 9.17) is 11.6 Å². The number of alkyl halides is 1. The summed E-state index contributed by atoms with van der Waals surface area (Å²) >= 11 is 6.49. The number of nitrogens with one attached hydrogen (secondary N) is 2. The van der Waals surface area contributed by atoms with E-state index in [0.717, 1.165) is 28.9 Å². The Labute approximate surface area is 235 Å². The average molecular weight is 567 g/mol. The van der Waals surface area contributed by atoms with Crippen LogP contribution in [0.3, 0.4) is 0 Å². The molecular formula is C30H29ClF2N4O3. The van der Waals surface area contributed by atoms with Crippen molar-refractivity contribution in [3.8, 4) is 0 Å². The minimum Gasteiger partial charge on any atom is -0.348 e. The second-order valence-electron chi connectivity index (χ2n) is 10.3. The van der Waals surface area contributed by atoms with Crippen LogP contribution in [0.1, 0.15) is 53.8 Å². The van der Waals surface area contributed by atoms with Gasteiger partial charge < -0.3 is 15.5 Å². The van der Waals surface area contributed by atoms with Gasteiger partial charge in [-0.2, -0.15) is 0 Å². The van der Waals surface area contributed by atoms with E-state index in [-0.39, 0.29) is 18.7 Å². The number of allylic oxidation sites excluding steroid dienone is 1. The fraction of sp³-hybridized carbons (Fsp3) is 0.333. The average Bonchev–Trinajstić information content (AvgIpc) is 3.68. The molecule has 0 unspecified atom stereocenters. The van der Waals surface area contributed by atoms with E-state index in [1.165, 1.54) is 24.3 Å². The zero-order valence-corrected chi connectivity index (χ0v) is 22.6. The molecular weight excluding hydrogens is 538 g/mol. The Kier molecular flexibility index (Phi) is 8.12. The Morgan fingerprint density at radius 2 is 1.98 bits per heavy atom. The van der Waals surface area contributed by atoms with Crippen LogP contribution in [0.15, 0.2) is 54.6 Å². The van der Waals surface area contributed by atoms with Gasteiger partial charge in [-0.05, 0) is 67.1 Å². The molecule has 2 aliphatic rings. The molecule has 0 bridgehead atoms. The summed E-state index contributed by atoms with van der Waals surface area (Å²) in [5, 5.41) is 6.42. The van der Waals surface area contributed by atoms with E-state index >= 15 is 0 Å². The third-order valence-electron chi connectivity index (χ3n) is 7.21. The molecule has 1 saturated carbocycles. The van der Waals surface area contributed by atoms with Crippen molar-refractivity contribution >= 4 is 46.3 Å². The van der Waals surface area contributed by atoms with E-state index in [9.17, 15) is 23.2 Å². The van der Waals surface area contributed by atoms with E-state index in [0.29, 0.717) is 21.8 Å². The van der Waals surface area contributed by atoms with Crippen LogP contribution in [-0.2, 0) is 9.59 Å². The highest BCUT2D eigenvalue weighted by Crippen LogP contribution is 2.33. The fourth-order valence-electron chi connectivity index (χ4n) is 4.95. The lowest BCUT2D eigenvalue weighted by atomic mass is 10.00. The van der Waals surface area contributed by atoms with Gasteiger partial charge >= 0.3 is 0 Å². The first-order chi connectivity index (χ1) is 19.2. The van der Waals surface area contributed by atoms with Crippen molar-refractivity contribution in [3.63, 3.8) is 0 Å². The minimum absolute atomic E-state index is 0.0473. The van der Waals surface area contributed by atoms with Crippen molar-refractivity contribution in [3.05, 3.63) is 82.3 Å². The molecule has 0 spiro atoms. The molecule has 1 aliphatic heterocycles.